The second kappa shape index (κ2) is 3.75. The van der Waals surface area contributed by atoms with E-state index in [1.54, 1.807) is 13.8 Å². The Morgan fingerprint density at radius 2 is 2.19 bits per heavy atom. The molecular weight excluding hydrogens is 211 g/mol. The Labute approximate surface area is 92.6 Å². The SMILES string of the molecule is Cc1c(F)cc2c(c1C)NC(=O)[C@@H](N)CO2. The lowest BCUT2D eigenvalue weighted by Crippen LogP contribution is -2.38. The average Bonchev–Trinajstić information content (AvgIpc) is 2.39. The summed E-state index contributed by atoms with van der Waals surface area (Å²) in [6, 6.07) is 0.547. The quantitative estimate of drug-likeness (QED) is 0.693. The predicted octanol–water partition coefficient (Wildman–Crippen LogP) is 1.10. The van der Waals surface area contributed by atoms with E-state index in [0.29, 0.717) is 22.6 Å². The Bertz CT molecular complexity index is 460. The lowest BCUT2D eigenvalue weighted by molar-refractivity contribution is -0.117. The molecule has 0 saturated heterocycles. The molecule has 0 saturated carbocycles. The summed E-state index contributed by atoms with van der Waals surface area (Å²) in [6.07, 6.45) is 0. The topological polar surface area (TPSA) is 64.4 Å². The molecule has 0 spiro atoms. The van der Waals surface area contributed by atoms with Gasteiger partial charge in [0, 0.05) is 6.07 Å². The number of carbonyl (C=O) groups is 1. The van der Waals surface area contributed by atoms with E-state index in [1.807, 2.05) is 0 Å². The first-order chi connectivity index (χ1) is 7.50. The molecule has 2 rings (SSSR count). The maximum atomic E-state index is 13.5. The minimum absolute atomic E-state index is 0.0563. The van der Waals surface area contributed by atoms with Crippen LogP contribution in [-0.2, 0) is 4.79 Å². The fraction of sp³-hybridized carbons (Fsp3) is 0.364. The number of amides is 1. The third kappa shape index (κ3) is 1.63. The number of nitrogens with two attached hydrogens (primary N) is 1. The van der Waals surface area contributed by atoms with Gasteiger partial charge in [-0.3, -0.25) is 4.79 Å². The number of carbonyl (C=O) groups excluding carboxylic acids is 1. The van der Waals surface area contributed by atoms with E-state index in [9.17, 15) is 9.18 Å². The first-order valence-corrected chi connectivity index (χ1v) is 4.99. The molecule has 3 N–H and O–H groups in total. The van der Waals surface area contributed by atoms with Gasteiger partial charge in [-0.2, -0.15) is 0 Å². The van der Waals surface area contributed by atoms with Crippen LogP contribution in [0, 0.1) is 19.7 Å². The Kier molecular flexibility index (Phi) is 2.55. The largest absolute Gasteiger partial charge is 0.489 e. The summed E-state index contributed by atoms with van der Waals surface area (Å²) in [5.41, 5.74) is 7.23. The fourth-order valence-corrected chi connectivity index (χ4v) is 1.59. The second-order valence-electron chi connectivity index (χ2n) is 3.89. The molecule has 1 atom stereocenters. The van der Waals surface area contributed by atoms with Crippen molar-refractivity contribution >= 4 is 11.6 Å². The molecule has 0 unspecified atom stereocenters. The third-order valence-corrected chi connectivity index (χ3v) is 2.80. The summed E-state index contributed by atoms with van der Waals surface area (Å²) < 4.78 is 18.8. The number of hydrogen-bond acceptors (Lipinski definition) is 3. The number of hydrogen-bond donors (Lipinski definition) is 2. The van der Waals surface area contributed by atoms with Crippen LogP contribution in [0.25, 0.3) is 0 Å². The maximum Gasteiger partial charge on any atom is 0.244 e. The Morgan fingerprint density at radius 3 is 2.88 bits per heavy atom. The summed E-state index contributed by atoms with van der Waals surface area (Å²) in [5.74, 6) is -0.323. The van der Waals surface area contributed by atoms with E-state index in [2.05, 4.69) is 5.32 Å². The predicted molar refractivity (Wildman–Crippen MR) is 58.0 cm³/mol. The zero-order valence-electron chi connectivity index (χ0n) is 9.13. The number of fused-ring (bicyclic) bond motifs is 1. The van der Waals surface area contributed by atoms with Crippen molar-refractivity contribution in [1.82, 2.24) is 0 Å². The van der Waals surface area contributed by atoms with E-state index in [0.717, 1.165) is 0 Å². The summed E-state index contributed by atoms with van der Waals surface area (Å²) in [4.78, 5) is 11.5. The van der Waals surface area contributed by atoms with Gasteiger partial charge in [0.25, 0.3) is 0 Å². The average molecular weight is 224 g/mol. The zero-order chi connectivity index (χ0) is 11.9. The molecular formula is C11H13FN2O2. The van der Waals surface area contributed by atoms with Gasteiger partial charge in [0.1, 0.15) is 24.2 Å². The van der Waals surface area contributed by atoms with Crippen molar-refractivity contribution < 1.29 is 13.9 Å². The molecule has 1 amide bonds. The lowest BCUT2D eigenvalue weighted by Gasteiger charge is -2.12. The zero-order valence-corrected chi connectivity index (χ0v) is 9.13. The van der Waals surface area contributed by atoms with Crippen molar-refractivity contribution in [2.24, 2.45) is 5.73 Å². The Balaban J connectivity index is 2.54. The van der Waals surface area contributed by atoms with Crippen LogP contribution in [0.3, 0.4) is 0 Å². The van der Waals surface area contributed by atoms with E-state index < -0.39 is 6.04 Å². The minimum atomic E-state index is -0.727. The molecule has 0 aromatic heterocycles. The van der Waals surface area contributed by atoms with Gasteiger partial charge < -0.3 is 15.8 Å². The molecule has 1 aliphatic rings. The van der Waals surface area contributed by atoms with Crippen LogP contribution in [0.1, 0.15) is 11.1 Å². The van der Waals surface area contributed by atoms with Gasteiger partial charge in [-0.25, -0.2) is 4.39 Å². The summed E-state index contributed by atoms with van der Waals surface area (Å²) in [5, 5.41) is 2.65. The molecule has 0 fully saturated rings. The smallest absolute Gasteiger partial charge is 0.244 e. The van der Waals surface area contributed by atoms with Crippen LogP contribution < -0.4 is 15.8 Å². The van der Waals surface area contributed by atoms with E-state index >= 15 is 0 Å². The van der Waals surface area contributed by atoms with Crippen LogP contribution in [-0.4, -0.2) is 18.6 Å². The highest BCUT2D eigenvalue weighted by Crippen LogP contribution is 2.33. The van der Waals surface area contributed by atoms with Gasteiger partial charge in [-0.1, -0.05) is 0 Å². The van der Waals surface area contributed by atoms with Crippen molar-refractivity contribution in [1.29, 1.82) is 0 Å². The normalized spacial score (nSPS) is 19.5. The highest BCUT2D eigenvalue weighted by atomic mass is 19.1. The molecule has 5 heteroatoms. The van der Waals surface area contributed by atoms with Crippen molar-refractivity contribution in [3.8, 4) is 5.75 Å². The van der Waals surface area contributed by atoms with Gasteiger partial charge >= 0.3 is 0 Å². The van der Waals surface area contributed by atoms with Crippen LogP contribution in [0.4, 0.5) is 10.1 Å². The van der Waals surface area contributed by atoms with Crippen LogP contribution in [0.15, 0.2) is 6.07 Å². The molecule has 4 nitrogen and oxygen atoms in total. The van der Waals surface area contributed by atoms with Gasteiger partial charge in [-0.05, 0) is 25.0 Å². The third-order valence-electron chi connectivity index (χ3n) is 2.80. The first-order valence-electron chi connectivity index (χ1n) is 4.99. The summed E-state index contributed by atoms with van der Waals surface area (Å²) in [6.45, 7) is 3.44. The standard InChI is InChI=1S/C11H13FN2O2/c1-5-6(2)10-9(3-7(5)12)16-4-8(13)11(15)14-10/h3,8H,4,13H2,1-2H3,(H,14,15)/t8-/m0/s1. The number of anilines is 1. The molecule has 16 heavy (non-hydrogen) atoms. The van der Waals surface area contributed by atoms with Gasteiger partial charge in [0.15, 0.2) is 0 Å². The van der Waals surface area contributed by atoms with E-state index in [-0.39, 0.29) is 18.3 Å². The molecule has 1 aromatic carbocycles. The summed E-state index contributed by atoms with van der Waals surface area (Å²) >= 11 is 0. The molecule has 0 aliphatic carbocycles. The van der Waals surface area contributed by atoms with E-state index in [1.165, 1.54) is 6.07 Å². The van der Waals surface area contributed by atoms with Crippen molar-refractivity contribution in [3.63, 3.8) is 0 Å². The van der Waals surface area contributed by atoms with Gasteiger partial charge in [-0.15, -0.1) is 0 Å². The molecule has 0 radical (unpaired) electrons. The summed E-state index contributed by atoms with van der Waals surface area (Å²) in [7, 11) is 0. The molecule has 1 aliphatic heterocycles. The van der Waals surface area contributed by atoms with Crippen molar-refractivity contribution in [3.05, 3.63) is 23.0 Å². The van der Waals surface area contributed by atoms with Crippen molar-refractivity contribution in [2.75, 3.05) is 11.9 Å². The van der Waals surface area contributed by atoms with Crippen LogP contribution in [0.2, 0.25) is 0 Å². The Morgan fingerprint density at radius 1 is 1.50 bits per heavy atom. The van der Waals surface area contributed by atoms with Gasteiger partial charge in [0.2, 0.25) is 5.91 Å². The fourth-order valence-electron chi connectivity index (χ4n) is 1.59. The number of halogens is 1. The minimum Gasteiger partial charge on any atom is -0.489 e. The van der Waals surface area contributed by atoms with Crippen molar-refractivity contribution in [2.45, 2.75) is 19.9 Å². The lowest BCUT2D eigenvalue weighted by atomic mass is 10.1. The van der Waals surface area contributed by atoms with E-state index in [4.69, 9.17) is 10.5 Å². The molecule has 1 heterocycles. The first kappa shape index (κ1) is 10.9. The molecule has 86 valence electrons. The Hall–Kier alpha value is -1.62. The second-order valence-corrected chi connectivity index (χ2v) is 3.89. The highest BCUT2D eigenvalue weighted by molar-refractivity contribution is 5.97. The molecule has 1 aromatic rings. The monoisotopic (exact) mass is 224 g/mol. The number of benzene rings is 1. The maximum absolute atomic E-state index is 13.5. The molecule has 0 bridgehead atoms. The van der Waals surface area contributed by atoms with Gasteiger partial charge in [0.05, 0.1) is 5.69 Å². The van der Waals surface area contributed by atoms with Crippen LogP contribution >= 0.6 is 0 Å². The number of rotatable bonds is 0. The number of ether oxygens (including phenoxy) is 1. The number of nitrogens with one attached hydrogen (secondary N) is 1. The highest BCUT2D eigenvalue weighted by Gasteiger charge is 2.24. The van der Waals surface area contributed by atoms with Crippen LogP contribution in [0.5, 0.6) is 5.75 Å².